The van der Waals surface area contributed by atoms with E-state index < -0.39 is 0 Å². The molecule has 0 aromatic heterocycles. The van der Waals surface area contributed by atoms with E-state index in [2.05, 4.69) is 75.0 Å². The molecule has 0 radical (unpaired) electrons. The molecule has 1 aromatic rings. The second-order valence-electron chi connectivity index (χ2n) is 13.4. The molecule has 1 amide bonds. The summed E-state index contributed by atoms with van der Waals surface area (Å²) < 4.78 is 0. The molecule has 3 nitrogen and oxygen atoms in total. The van der Waals surface area contributed by atoms with Crippen molar-refractivity contribution in [1.82, 2.24) is 9.80 Å². The number of benzene rings is 1. The zero-order chi connectivity index (χ0) is 24.5. The zero-order valence-electron chi connectivity index (χ0n) is 22.7. The number of likely N-dealkylation sites (tertiary alicyclic amines) is 1. The summed E-state index contributed by atoms with van der Waals surface area (Å²) in [4.78, 5) is 18.0. The molecule has 4 fully saturated rings. The number of rotatable bonds is 3. The fourth-order valence-corrected chi connectivity index (χ4v) is 10.1. The number of hydrogen-bond donors (Lipinski definition) is 0. The van der Waals surface area contributed by atoms with Crippen LogP contribution >= 0.6 is 0 Å². The van der Waals surface area contributed by atoms with Crippen LogP contribution in [0, 0.1) is 41.4 Å². The van der Waals surface area contributed by atoms with Crippen molar-refractivity contribution in [3.8, 4) is 0 Å². The Hall–Kier alpha value is -1.61. The van der Waals surface area contributed by atoms with Crippen molar-refractivity contribution in [3.63, 3.8) is 0 Å². The number of likely N-dealkylation sites (N-methyl/N-ethyl adjacent to an activating group) is 1. The average Bonchev–Trinajstić information content (AvgIpc) is 3.33. The molecule has 1 aliphatic heterocycles. The van der Waals surface area contributed by atoms with Crippen molar-refractivity contribution >= 4 is 5.91 Å². The molecule has 190 valence electrons. The van der Waals surface area contributed by atoms with Gasteiger partial charge in [0.05, 0.1) is 6.42 Å². The maximum absolute atomic E-state index is 13.2. The summed E-state index contributed by atoms with van der Waals surface area (Å²) in [6.07, 6.45) is 13.8. The summed E-state index contributed by atoms with van der Waals surface area (Å²) >= 11 is 0. The SMILES string of the molecule is Cc1ccccc1CC(=O)N(C)[C@H]1CC[C@@]2(C)C(=CC[C@@H]3C2CC[C@]24CN(C)[C@@H](C)[C@H]2CC[C@@H]34)C1. The first-order valence-electron chi connectivity index (χ1n) is 14.4. The maximum Gasteiger partial charge on any atom is 0.227 e. The lowest BCUT2D eigenvalue weighted by Gasteiger charge is -2.58. The van der Waals surface area contributed by atoms with Crippen molar-refractivity contribution in [2.75, 3.05) is 20.6 Å². The number of carbonyl (C=O) groups is 1. The van der Waals surface area contributed by atoms with Crippen LogP contribution in [0.1, 0.15) is 76.3 Å². The van der Waals surface area contributed by atoms with Gasteiger partial charge in [0.1, 0.15) is 0 Å². The Morgan fingerprint density at radius 1 is 1.09 bits per heavy atom. The van der Waals surface area contributed by atoms with Gasteiger partial charge >= 0.3 is 0 Å². The van der Waals surface area contributed by atoms with Crippen molar-refractivity contribution in [2.24, 2.45) is 34.5 Å². The molecule has 6 rings (SSSR count). The first kappa shape index (κ1) is 23.8. The molecule has 1 aromatic carbocycles. The van der Waals surface area contributed by atoms with E-state index in [1.54, 1.807) is 5.57 Å². The quantitative estimate of drug-likeness (QED) is 0.483. The first-order chi connectivity index (χ1) is 16.7. The molecule has 3 heteroatoms. The van der Waals surface area contributed by atoms with Gasteiger partial charge in [0, 0.05) is 25.7 Å². The minimum atomic E-state index is 0.276. The van der Waals surface area contributed by atoms with Crippen LogP contribution in [0.2, 0.25) is 0 Å². The molecular formula is C32H46N2O. The summed E-state index contributed by atoms with van der Waals surface area (Å²) in [5.74, 6) is 3.88. The number of fused-ring (bicyclic) bond motifs is 4. The highest BCUT2D eigenvalue weighted by atomic mass is 16.2. The second kappa shape index (κ2) is 8.47. The van der Waals surface area contributed by atoms with Gasteiger partial charge in [-0.3, -0.25) is 4.79 Å². The van der Waals surface area contributed by atoms with Gasteiger partial charge in [0.15, 0.2) is 0 Å². The molecule has 1 saturated heterocycles. The molecule has 1 spiro atoms. The Balaban J connectivity index is 1.18. The summed E-state index contributed by atoms with van der Waals surface area (Å²) in [7, 11) is 4.43. The highest BCUT2D eigenvalue weighted by molar-refractivity contribution is 5.79. The number of allylic oxidation sites excluding steroid dienone is 1. The third-order valence-electron chi connectivity index (χ3n) is 12.2. The lowest BCUT2D eigenvalue weighted by atomic mass is 9.47. The third kappa shape index (κ3) is 3.50. The number of carbonyl (C=O) groups excluding carboxylic acids is 1. The lowest BCUT2D eigenvalue weighted by Crippen LogP contribution is -2.53. The van der Waals surface area contributed by atoms with Crippen LogP contribution in [-0.4, -0.2) is 48.4 Å². The molecule has 1 heterocycles. The molecule has 1 unspecified atom stereocenters. The van der Waals surface area contributed by atoms with Crippen LogP contribution in [0.3, 0.4) is 0 Å². The smallest absolute Gasteiger partial charge is 0.227 e. The Kier molecular flexibility index (Phi) is 5.75. The molecule has 0 bridgehead atoms. The van der Waals surface area contributed by atoms with E-state index in [0.29, 0.717) is 23.3 Å². The van der Waals surface area contributed by atoms with Gasteiger partial charge in [-0.15, -0.1) is 0 Å². The molecule has 35 heavy (non-hydrogen) atoms. The van der Waals surface area contributed by atoms with Gasteiger partial charge in [0.2, 0.25) is 5.91 Å². The minimum absolute atomic E-state index is 0.276. The summed E-state index contributed by atoms with van der Waals surface area (Å²) in [5, 5.41) is 0. The zero-order valence-corrected chi connectivity index (χ0v) is 22.7. The molecule has 8 atom stereocenters. The predicted octanol–water partition coefficient (Wildman–Crippen LogP) is 6.26. The second-order valence-corrected chi connectivity index (χ2v) is 13.4. The minimum Gasteiger partial charge on any atom is -0.342 e. The van der Waals surface area contributed by atoms with E-state index in [0.717, 1.165) is 42.6 Å². The number of hydrogen-bond acceptors (Lipinski definition) is 2. The van der Waals surface area contributed by atoms with E-state index in [1.165, 1.54) is 56.2 Å². The fourth-order valence-electron chi connectivity index (χ4n) is 10.1. The van der Waals surface area contributed by atoms with Crippen LogP contribution in [0.25, 0.3) is 0 Å². The topological polar surface area (TPSA) is 23.6 Å². The molecule has 3 saturated carbocycles. The number of nitrogens with zero attached hydrogens (tertiary/aromatic N) is 2. The Morgan fingerprint density at radius 2 is 1.86 bits per heavy atom. The van der Waals surface area contributed by atoms with Crippen LogP contribution in [0.4, 0.5) is 0 Å². The normalized spacial score (nSPS) is 42.5. The highest BCUT2D eigenvalue weighted by Crippen LogP contribution is 2.68. The third-order valence-corrected chi connectivity index (χ3v) is 12.2. The van der Waals surface area contributed by atoms with Crippen molar-refractivity contribution in [1.29, 1.82) is 0 Å². The maximum atomic E-state index is 13.2. The lowest BCUT2D eigenvalue weighted by molar-refractivity contribution is -0.132. The van der Waals surface area contributed by atoms with Gasteiger partial charge in [-0.1, -0.05) is 42.8 Å². The van der Waals surface area contributed by atoms with Gasteiger partial charge in [-0.2, -0.15) is 0 Å². The van der Waals surface area contributed by atoms with E-state index in [9.17, 15) is 4.79 Å². The molecule has 4 aliphatic carbocycles. The van der Waals surface area contributed by atoms with E-state index in [4.69, 9.17) is 0 Å². The van der Waals surface area contributed by atoms with Crippen LogP contribution < -0.4 is 0 Å². The Bertz CT molecular complexity index is 1030. The fraction of sp³-hybridized carbons (Fsp3) is 0.719. The largest absolute Gasteiger partial charge is 0.342 e. The number of amides is 1. The van der Waals surface area contributed by atoms with Crippen molar-refractivity contribution in [2.45, 2.75) is 90.6 Å². The van der Waals surface area contributed by atoms with E-state index in [1.807, 2.05) is 0 Å². The highest BCUT2D eigenvalue weighted by Gasteiger charge is 2.64. The van der Waals surface area contributed by atoms with Gasteiger partial charge in [-0.05, 0) is 118 Å². The van der Waals surface area contributed by atoms with E-state index >= 15 is 0 Å². The average molecular weight is 475 g/mol. The van der Waals surface area contributed by atoms with E-state index in [-0.39, 0.29) is 5.91 Å². The van der Waals surface area contributed by atoms with Gasteiger partial charge in [-0.25, -0.2) is 0 Å². The van der Waals surface area contributed by atoms with Crippen LogP contribution in [0.15, 0.2) is 35.9 Å². The van der Waals surface area contributed by atoms with Crippen LogP contribution in [0.5, 0.6) is 0 Å². The van der Waals surface area contributed by atoms with Gasteiger partial charge < -0.3 is 9.80 Å². The standard InChI is InChI=1S/C32H46N2O/c1-21-8-6-7-9-23(21)18-30(35)34(5)25-14-16-31(3)24(19-25)10-11-26-28(31)15-17-32-20-33(4)22(2)27(32)12-13-29(26)32/h6-10,22,25-29H,11-20H2,1-5H3/t22-,25-,26+,27+,28?,29-,31-,32-/m0/s1. The summed E-state index contributed by atoms with van der Waals surface area (Å²) in [5.41, 5.74) is 5.04. The summed E-state index contributed by atoms with van der Waals surface area (Å²) in [6.45, 7) is 8.56. The Labute approximate surface area is 213 Å². The first-order valence-corrected chi connectivity index (χ1v) is 14.4. The molecular weight excluding hydrogens is 428 g/mol. The Morgan fingerprint density at radius 3 is 2.66 bits per heavy atom. The molecule has 0 N–H and O–H groups in total. The van der Waals surface area contributed by atoms with Gasteiger partial charge in [0.25, 0.3) is 0 Å². The van der Waals surface area contributed by atoms with Crippen molar-refractivity contribution in [3.05, 3.63) is 47.0 Å². The molecule has 5 aliphatic rings. The predicted molar refractivity (Wildman–Crippen MR) is 143 cm³/mol. The summed E-state index contributed by atoms with van der Waals surface area (Å²) in [6, 6.07) is 9.46. The van der Waals surface area contributed by atoms with Crippen LogP contribution in [-0.2, 0) is 11.2 Å². The van der Waals surface area contributed by atoms with Crippen molar-refractivity contribution < 1.29 is 4.79 Å². The number of aryl methyl sites for hydroxylation is 1. The monoisotopic (exact) mass is 474 g/mol.